The Morgan fingerprint density at radius 2 is 2.06 bits per heavy atom. The molecule has 6 nitrogen and oxygen atoms in total. The van der Waals surface area contributed by atoms with Crippen LogP contribution >= 0.6 is 0 Å². The number of nitriles is 1. The van der Waals surface area contributed by atoms with Crippen LogP contribution in [0.4, 0.5) is 4.39 Å². The van der Waals surface area contributed by atoms with E-state index in [0.29, 0.717) is 16.6 Å². The molecule has 0 saturated heterocycles. The van der Waals surface area contributed by atoms with Crippen molar-refractivity contribution in [2.24, 2.45) is 0 Å². The highest BCUT2D eigenvalue weighted by Crippen LogP contribution is 2.35. The average molecular weight is 417 g/mol. The van der Waals surface area contributed by atoms with Crippen LogP contribution in [-0.2, 0) is 16.1 Å². The molecule has 0 aliphatic rings. The van der Waals surface area contributed by atoms with E-state index in [0.717, 1.165) is 16.3 Å². The lowest BCUT2D eigenvalue weighted by atomic mass is 9.97. The van der Waals surface area contributed by atoms with Crippen LogP contribution in [-0.4, -0.2) is 29.2 Å². The SMILES string of the molecule is COCc1c(C(=O)OC(C)C)ncc2[nH]c3ccc(-c4c(F)cccc4C#N)cc3c12. The summed E-state index contributed by atoms with van der Waals surface area (Å²) < 4.78 is 25.3. The van der Waals surface area contributed by atoms with Gasteiger partial charge in [0.05, 0.1) is 36.1 Å². The van der Waals surface area contributed by atoms with Gasteiger partial charge in [-0.15, -0.1) is 0 Å². The lowest BCUT2D eigenvalue weighted by molar-refractivity contribution is 0.0366. The number of nitrogens with zero attached hydrogens (tertiary/aromatic N) is 2. The number of halogens is 1. The Balaban J connectivity index is 2.00. The summed E-state index contributed by atoms with van der Waals surface area (Å²) in [4.78, 5) is 20.2. The number of carbonyl (C=O) groups excluding carboxylic acids is 1. The van der Waals surface area contributed by atoms with Gasteiger partial charge in [0.25, 0.3) is 0 Å². The molecule has 0 spiro atoms. The Kier molecular flexibility index (Phi) is 5.40. The normalized spacial score (nSPS) is 11.2. The Morgan fingerprint density at radius 1 is 1.26 bits per heavy atom. The van der Waals surface area contributed by atoms with Crippen LogP contribution in [0.5, 0.6) is 0 Å². The summed E-state index contributed by atoms with van der Waals surface area (Å²) in [6, 6.07) is 11.9. The van der Waals surface area contributed by atoms with Crippen molar-refractivity contribution in [1.29, 1.82) is 5.26 Å². The number of rotatable bonds is 5. The van der Waals surface area contributed by atoms with E-state index >= 15 is 0 Å². The molecule has 0 saturated carbocycles. The second kappa shape index (κ2) is 8.17. The van der Waals surface area contributed by atoms with E-state index in [-0.39, 0.29) is 29.5 Å². The van der Waals surface area contributed by atoms with Crippen molar-refractivity contribution < 1.29 is 18.7 Å². The molecule has 0 unspecified atom stereocenters. The molecular weight excluding hydrogens is 397 g/mol. The molecule has 0 fully saturated rings. The number of pyridine rings is 1. The van der Waals surface area contributed by atoms with Gasteiger partial charge in [0.15, 0.2) is 5.69 Å². The van der Waals surface area contributed by atoms with Crippen LogP contribution < -0.4 is 0 Å². The molecule has 0 aliphatic carbocycles. The summed E-state index contributed by atoms with van der Waals surface area (Å²) in [7, 11) is 1.54. The second-order valence-electron chi connectivity index (χ2n) is 7.42. The molecule has 2 aromatic carbocycles. The minimum atomic E-state index is -0.532. The number of aromatic nitrogens is 2. The van der Waals surface area contributed by atoms with Crippen molar-refractivity contribution in [3.8, 4) is 17.2 Å². The molecule has 156 valence electrons. The Bertz CT molecular complexity index is 1350. The molecule has 0 bridgehead atoms. The topological polar surface area (TPSA) is 88.0 Å². The van der Waals surface area contributed by atoms with Gasteiger partial charge in [-0.05, 0) is 43.7 Å². The predicted octanol–water partition coefficient (Wildman–Crippen LogP) is 5.11. The number of methoxy groups -OCH3 is 1. The van der Waals surface area contributed by atoms with E-state index in [2.05, 4.69) is 9.97 Å². The average Bonchev–Trinajstić information content (AvgIpc) is 3.11. The fourth-order valence-corrected chi connectivity index (χ4v) is 3.76. The van der Waals surface area contributed by atoms with Crippen LogP contribution in [0.3, 0.4) is 0 Å². The summed E-state index contributed by atoms with van der Waals surface area (Å²) in [5, 5.41) is 11.0. The molecule has 0 aliphatic heterocycles. The van der Waals surface area contributed by atoms with E-state index in [4.69, 9.17) is 9.47 Å². The van der Waals surface area contributed by atoms with Crippen LogP contribution in [0.15, 0.2) is 42.6 Å². The molecule has 4 aromatic rings. The smallest absolute Gasteiger partial charge is 0.357 e. The minimum absolute atomic E-state index is 0.146. The van der Waals surface area contributed by atoms with E-state index in [1.54, 1.807) is 32.2 Å². The van der Waals surface area contributed by atoms with Crippen molar-refractivity contribution in [2.45, 2.75) is 26.6 Å². The number of aromatic amines is 1. The first-order chi connectivity index (χ1) is 14.9. The molecule has 0 atom stereocenters. The highest BCUT2D eigenvalue weighted by Gasteiger charge is 2.22. The van der Waals surface area contributed by atoms with Crippen LogP contribution in [0, 0.1) is 17.1 Å². The molecule has 1 N–H and O–H groups in total. The number of H-pyrrole nitrogens is 1. The standard InChI is InChI=1S/C24H20FN3O3/c1-13(2)31-24(29)23-17(12-30-3)22-16-9-14(7-8-19(16)28-20(22)11-27-23)21-15(10-26)5-4-6-18(21)25/h4-9,11,13,28H,12H2,1-3H3. The molecular formula is C24H20FN3O3. The zero-order valence-corrected chi connectivity index (χ0v) is 17.3. The number of esters is 1. The Labute approximate surface area is 178 Å². The Morgan fingerprint density at radius 3 is 2.77 bits per heavy atom. The van der Waals surface area contributed by atoms with Crippen molar-refractivity contribution in [3.05, 3.63) is 65.2 Å². The van der Waals surface area contributed by atoms with Gasteiger partial charge in [0.2, 0.25) is 0 Å². The summed E-state index contributed by atoms with van der Waals surface area (Å²) in [5.74, 6) is -1.01. The van der Waals surface area contributed by atoms with E-state index < -0.39 is 11.8 Å². The number of hydrogen-bond acceptors (Lipinski definition) is 5. The molecule has 31 heavy (non-hydrogen) atoms. The van der Waals surface area contributed by atoms with Crippen molar-refractivity contribution in [3.63, 3.8) is 0 Å². The van der Waals surface area contributed by atoms with Crippen LogP contribution in [0.25, 0.3) is 32.9 Å². The Hall–Kier alpha value is -3.76. The van der Waals surface area contributed by atoms with Crippen LogP contribution in [0.2, 0.25) is 0 Å². The third-order valence-corrected chi connectivity index (χ3v) is 4.99. The lowest BCUT2D eigenvalue weighted by Crippen LogP contribution is -2.15. The van der Waals surface area contributed by atoms with Gasteiger partial charge in [-0.2, -0.15) is 5.26 Å². The van der Waals surface area contributed by atoms with Gasteiger partial charge in [-0.1, -0.05) is 12.1 Å². The number of carbonyl (C=O) groups is 1. The van der Waals surface area contributed by atoms with Crippen LogP contribution in [0.1, 0.15) is 35.5 Å². The van der Waals surface area contributed by atoms with Crippen molar-refractivity contribution >= 4 is 27.8 Å². The molecule has 0 radical (unpaired) electrons. The maximum atomic E-state index is 14.6. The summed E-state index contributed by atoms with van der Waals surface area (Å²) in [6.07, 6.45) is 1.29. The van der Waals surface area contributed by atoms with E-state index in [9.17, 15) is 14.4 Å². The number of nitrogens with one attached hydrogen (secondary N) is 1. The first-order valence-corrected chi connectivity index (χ1v) is 9.76. The molecule has 7 heteroatoms. The molecule has 0 amide bonds. The fourth-order valence-electron chi connectivity index (χ4n) is 3.76. The highest BCUT2D eigenvalue weighted by atomic mass is 19.1. The predicted molar refractivity (Wildman–Crippen MR) is 115 cm³/mol. The lowest BCUT2D eigenvalue weighted by Gasteiger charge is -2.12. The summed E-state index contributed by atoms with van der Waals surface area (Å²) in [6.45, 7) is 3.68. The quantitative estimate of drug-likeness (QED) is 0.456. The van der Waals surface area contributed by atoms with Gasteiger partial charge in [0, 0.05) is 34.5 Å². The zero-order chi connectivity index (χ0) is 22.1. The third kappa shape index (κ3) is 3.62. The highest BCUT2D eigenvalue weighted by molar-refractivity contribution is 6.12. The van der Waals surface area contributed by atoms with E-state index in [1.807, 2.05) is 18.2 Å². The molecule has 4 rings (SSSR count). The summed E-state index contributed by atoms with van der Waals surface area (Å²) >= 11 is 0. The largest absolute Gasteiger partial charge is 0.458 e. The fraction of sp³-hybridized carbons (Fsp3) is 0.208. The van der Waals surface area contributed by atoms with Gasteiger partial charge < -0.3 is 14.5 Å². The number of ether oxygens (including phenoxy) is 2. The second-order valence-corrected chi connectivity index (χ2v) is 7.42. The van der Waals surface area contributed by atoms with Gasteiger partial charge >= 0.3 is 5.97 Å². The zero-order valence-electron chi connectivity index (χ0n) is 17.3. The maximum absolute atomic E-state index is 14.6. The first kappa shape index (κ1) is 20.5. The summed E-state index contributed by atoms with van der Waals surface area (Å²) in [5.41, 5.74) is 3.33. The van der Waals surface area contributed by atoms with Gasteiger partial charge in [-0.25, -0.2) is 14.2 Å². The van der Waals surface area contributed by atoms with Crippen molar-refractivity contribution in [2.75, 3.05) is 7.11 Å². The minimum Gasteiger partial charge on any atom is -0.458 e. The first-order valence-electron chi connectivity index (χ1n) is 9.76. The van der Waals surface area contributed by atoms with Gasteiger partial charge in [0.1, 0.15) is 5.82 Å². The third-order valence-electron chi connectivity index (χ3n) is 4.99. The van der Waals surface area contributed by atoms with Crippen molar-refractivity contribution in [1.82, 2.24) is 9.97 Å². The monoisotopic (exact) mass is 417 g/mol. The van der Waals surface area contributed by atoms with E-state index in [1.165, 1.54) is 19.2 Å². The maximum Gasteiger partial charge on any atom is 0.357 e. The number of fused-ring (bicyclic) bond motifs is 3. The number of benzene rings is 2. The number of hydrogen-bond donors (Lipinski definition) is 1. The van der Waals surface area contributed by atoms with Gasteiger partial charge in [-0.3, -0.25) is 0 Å². The molecule has 2 aromatic heterocycles. The molecule has 2 heterocycles.